The first-order valence-electron chi connectivity index (χ1n) is 9.80. The zero-order valence-electron chi connectivity index (χ0n) is 17.7. The van der Waals surface area contributed by atoms with Crippen molar-refractivity contribution in [3.8, 4) is 11.5 Å². The van der Waals surface area contributed by atoms with Gasteiger partial charge in [-0.3, -0.25) is 4.79 Å². The van der Waals surface area contributed by atoms with Gasteiger partial charge >= 0.3 is 5.97 Å². The summed E-state index contributed by atoms with van der Waals surface area (Å²) in [4.78, 5) is 11.7. The molecule has 29 heavy (non-hydrogen) atoms. The van der Waals surface area contributed by atoms with E-state index in [1.54, 1.807) is 21.0 Å². The molecule has 0 unspecified atom stereocenters. The SMILES string of the molecule is COc1ccc2c(c1)CCC=C2/C(=C/C(C)(C)O)c1cc(C)ccc1OC(C)=O. The summed E-state index contributed by atoms with van der Waals surface area (Å²) in [6, 6.07) is 11.8. The van der Waals surface area contributed by atoms with Crippen molar-refractivity contribution in [1.82, 2.24) is 0 Å². The molecule has 0 fully saturated rings. The van der Waals surface area contributed by atoms with E-state index in [9.17, 15) is 9.90 Å². The standard InChI is InChI=1S/C25H28O4/c1-16-9-12-24(29-17(2)26)22(13-16)23(15-25(3,4)27)21-8-6-7-18-14-19(28-5)10-11-20(18)21/h8-15,27H,6-7H2,1-5H3/b23-15-. The molecular formula is C25H28O4. The maximum atomic E-state index is 11.7. The Labute approximate surface area is 172 Å². The van der Waals surface area contributed by atoms with Gasteiger partial charge in [0.2, 0.25) is 0 Å². The van der Waals surface area contributed by atoms with Crippen LogP contribution in [0.15, 0.2) is 48.6 Å². The van der Waals surface area contributed by atoms with Crippen LogP contribution in [-0.4, -0.2) is 23.8 Å². The predicted octanol–water partition coefficient (Wildman–Crippen LogP) is 5.11. The van der Waals surface area contributed by atoms with E-state index in [-0.39, 0.29) is 5.97 Å². The number of methoxy groups -OCH3 is 1. The number of benzene rings is 2. The smallest absolute Gasteiger partial charge is 0.308 e. The number of hydrogen-bond donors (Lipinski definition) is 1. The van der Waals surface area contributed by atoms with Crippen molar-refractivity contribution < 1.29 is 19.4 Å². The number of esters is 1. The molecule has 152 valence electrons. The lowest BCUT2D eigenvalue weighted by Crippen LogP contribution is -2.16. The Morgan fingerprint density at radius 1 is 1.17 bits per heavy atom. The highest BCUT2D eigenvalue weighted by Gasteiger charge is 2.23. The van der Waals surface area contributed by atoms with Crippen LogP contribution in [0.3, 0.4) is 0 Å². The van der Waals surface area contributed by atoms with Crippen LogP contribution in [0.25, 0.3) is 11.1 Å². The quantitative estimate of drug-likeness (QED) is 0.567. The number of carbonyl (C=O) groups excluding carboxylic acids is 1. The lowest BCUT2D eigenvalue weighted by Gasteiger charge is -2.25. The molecule has 0 saturated heterocycles. The van der Waals surface area contributed by atoms with Crippen LogP contribution in [0.5, 0.6) is 11.5 Å². The highest BCUT2D eigenvalue weighted by atomic mass is 16.5. The summed E-state index contributed by atoms with van der Waals surface area (Å²) in [6.07, 6.45) is 5.83. The second kappa shape index (κ2) is 8.26. The van der Waals surface area contributed by atoms with Crippen LogP contribution in [0.1, 0.15) is 49.4 Å². The third-order valence-electron chi connectivity index (χ3n) is 4.83. The average Bonchev–Trinajstić information content (AvgIpc) is 2.65. The molecule has 0 bridgehead atoms. The van der Waals surface area contributed by atoms with Crippen molar-refractivity contribution in [1.29, 1.82) is 0 Å². The molecular weight excluding hydrogens is 364 g/mol. The van der Waals surface area contributed by atoms with Crippen molar-refractivity contribution in [2.45, 2.75) is 46.1 Å². The van der Waals surface area contributed by atoms with Crippen molar-refractivity contribution in [3.63, 3.8) is 0 Å². The zero-order valence-corrected chi connectivity index (χ0v) is 17.7. The number of rotatable bonds is 5. The lowest BCUT2D eigenvalue weighted by atomic mass is 9.82. The Hall–Kier alpha value is -2.85. The monoisotopic (exact) mass is 392 g/mol. The highest BCUT2D eigenvalue weighted by molar-refractivity contribution is 6.07. The van der Waals surface area contributed by atoms with E-state index in [0.717, 1.165) is 46.4 Å². The maximum Gasteiger partial charge on any atom is 0.308 e. The normalized spacial score (nSPS) is 14.1. The second-order valence-electron chi connectivity index (χ2n) is 7.98. The highest BCUT2D eigenvalue weighted by Crippen LogP contribution is 2.42. The first-order chi connectivity index (χ1) is 13.7. The van der Waals surface area contributed by atoms with Gasteiger partial charge in [0.05, 0.1) is 12.7 Å². The van der Waals surface area contributed by atoms with Gasteiger partial charge in [-0.15, -0.1) is 0 Å². The van der Waals surface area contributed by atoms with E-state index < -0.39 is 5.60 Å². The third-order valence-corrected chi connectivity index (χ3v) is 4.83. The van der Waals surface area contributed by atoms with Gasteiger partial charge in [-0.05, 0) is 86.2 Å². The minimum Gasteiger partial charge on any atom is -0.497 e. The van der Waals surface area contributed by atoms with Crippen LogP contribution >= 0.6 is 0 Å². The fraction of sp³-hybridized carbons (Fsp3) is 0.320. The molecule has 0 saturated carbocycles. The first-order valence-corrected chi connectivity index (χ1v) is 9.80. The summed E-state index contributed by atoms with van der Waals surface area (Å²) in [7, 11) is 1.67. The lowest BCUT2D eigenvalue weighted by molar-refractivity contribution is -0.131. The van der Waals surface area contributed by atoms with E-state index in [1.165, 1.54) is 12.5 Å². The molecule has 1 N–H and O–H groups in total. The Bertz CT molecular complexity index is 990. The molecule has 0 heterocycles. The van der Waals surface area contributed by atoms with E-state index in [2.05, 4.69) is 18.2 Å². The summed E-state index contributed by atoms with van der Waals surface area (Å²) in [6.45, 7) is 6.88. The van der Waals surface area contributed by atoms with Gasteiger partial charge in [0, 0.05) is 12.5 Å². The van der Waals surface area contributed by atoms with E-state index in [4.69, 9.17) is 9.47 Å². The fourth-order valence-corrected chi connectivity index (χ4v) is 3.66. The molecule has 0 spiro atoms. The molecule has 4 heteroatoms. The van der Waals surface area contributed by atoms with E-state index in [1.807, 2.05) is 37.3 Å². The van der Waals surface area contributed by atoms with Gasteiger partial charge in [0.1, 0.15) is 11.5 Å². The topological polar surface area (TPSA) is 55.8 Å². The minimum atomic E-state index is -1.04. The van der Waals surface area contributed by atoms with Crippen LogP contribution in [-0.2, 0) is 11.2 Å². The number of fused-ring (bicyclic) bond motifs is 1. The molecule has 0 atom stereocenters. The number of aliphatic hydroxyl groups is 1. The van der Waals surface area contributed by atoms with Gasteiger partial charge in [-0.1, -0.05) is 23.8 Å². The minimum absolute atomic E-state index is 0.375. The number of aryl methyl sites for hydroxylation is 2. The Morgan fingerprint density at radius 3 is 2.59 bits per heavy atom. The van der Waals surface area contributed by atoms with Gasteiger partial charge in [-0.2, -0.15) is 0 Å². The number of carbonyl (C=O) groups is 1. The molecule has 0 radical (unpaired) electrons. The average molecular weight is 392 g/mol. The summed E-state index contributed by atoms with van der Waals surface area (Å²) < 4.78 is 10.9. The van der Waals surface area contributed by atoms with Crippen molar-refractivity contribution >= 4 is 17.1 Å². The summed E-state index contributed by atoms with van der Waals surface area (Å²) in [5, 5.41) is 10.6. The van der Waals surface area contributed by atoms with Crippen molar-refractivity contribution in [3.05, 3.63) is 70.8 Å². The molecule has 2 aromatic rings. The Kier molecular flexibility index (Phi) is 5.94. The molecule has 1 aliphatic carbocycles. The number of allylic oxidation sites excluding steroid dienone is 3. The van der Waals surface area contributed by atoms with E-state index >= 15 is 0 Å². The molecule has 0 aromatic heterocycles. The largest absolute Gasteiger partial charge is 0.497 e. The molecule has 0 aliphatic heterocycles. The van der Waals surface area contributed by atoms with Crippen LogP contribution < -0.4 is 9.47 Å². The third kappa shape index (κ3) is 4.96. The second-order valence-corrected chi connectivity index (χ2v) is 7.98. The van der Waals surface area contributed by atoms with Crippen molar-refractivity contribution in [2.24, 2.45) is 0 Å². The Balaban J connectivity index is 2.22. The fourth-order valence-electron chi connectivity index (χ4n) is 3.66. The maximum absolute atomic E-state index is 11.7. The molecule has 2 aromatic carbocycles. The number of ether oxygens (including phenoxy) is 2. The molecule has 4 nitrogen and oxygen atoms in total. The van der Waals surface area contributed by atoms with Crippen LogP contribution in [0.2, 0.25) is 0 Å². The zero-order chi connectivity index (χ0) is 21.2. The number of hydrogen-bond acceptors (Lipinski definition) is 4. The van der Waals surface area contributed by atoms with Gasteiger partial charge < -0.3 is 14.6 Å². The van der Waals surface area contributed by atoms with Gasteiger partial charge in [-0.25, -0.2) is 0 Å². The summed E-state index contributed by atoms with van der Waals surface area (Å²) in [5.74, 6) is 0.940. The molecule has 0 amide bonds. The van der Waals surface area contributed by atoms with Gasteiger partial charge in [0.15, 0.2) is 0 Å². The summed E-state index contributed by atoms with van der Waals surface area (Å²) in [5.41, 5.74) is 4.96. The van der Waals surface area contributed by atoms with Crippen molar-refractivity contribution in [2.75, 3.05) is 7.11 Å². The predicted molar refractivity (Wildman–Crippen MR) is 116 cm³/mol. The van der Waals surface area contributed by atoms with Gasteiger partial charge in [0.25, 0.3) is 0 Å². The first kappa shape index (κ1) is 20.9. The van der Waals surface area contributed by atoms with Crippen LogP contribution in [0.4, 0.5) is 0 Å². The molecule has 3 rings (SSSR count). The van der Waals surface area contributed by atoms with Crippen LogP contribution in [0, 0.1) is 6.92 Å². The summed E-state index contributed by atoms with van der Waals surface area (Å²) >= 11 is 0. The Morgan fingerprint density at radius 2 is 1.93 bits per heavy atom. The van der Waals surface area contributed by atoms with E-state index in [0.29, 0.717) is 5.75 Å². The molecule has 1 aliphatic rings.